The van der Waals surface area contributed by atoms with E-state index in [1.807, 2.05) is 24.3 Å². The van der Waals surface area contributed by atoms with E-state index in [9.17, 15) is 13.6 Å². The molecule has 1 amide bonds. The van der Waals surface area contributed by atoms with Gasteiger partial charge in [-0.25, -0.2) is 13.8 Å². The zero-order valence-electron chi connectivity index (χ0n) is 11.1. The molecule has 0 unspecified atom stereocenters. The first kappa shape index (κ1) is 13.2. The number of hydrogen-bond donors (Lipinski definition) is 1. The molecule has 0 saturated carbocycles. The number of amides is 1. The molecule has 0 spiro atoms. The number of aromatic nitrogens is 2. The number of carbonyl (C=O) groups is 1. The Morgan fingerprint density at radius 1 is 1.24 bits per heavy atom. The third kappa shape index (κ3) is 2.35. The second-order valence-electron chi connectivity index (χ2n) is 4.59. The molecule has 0 atom stereocenters. The zero-order chi connectivity index (χ0) is 15.0. The highest BCUT2D eigenvalue weighted by Crippen LogP contribution is 2.19. The van der Waals surface area contributed by atoms with Crippen LogP contribution in [-0.4, -0.2) is 15.5 Å². The zero-order valence-corrected chi connectivity index (χ0v) is 11.1. The monoisotopic (exact) mass is 287 g/mol. The Labute approximate surface area is 119 Å². The van der Waals surface area contributed by atoms with Crippen LogP contribution >= 0.6 is 0 Å². The van der Waals surface area contributed by atoms with Crippen LogP contribution in [0.15, 0.2) is 42.6 Å². The Balaban J connectivity index is 1.95. The Morgan fingerprint density at radius 2 is 2.00 bits per heavy atom. The molecular formula is C15H11F2N3O. The van der Waals surface area contributed by atoms with Gasteiger partial charge in [0.25, 0.3) is 5.91 Å². The van der Waals surface area contributed by atoms with Gasteiger partial charge < -0.3 is 9.88 Å². The number of pyridine rings is 1. The van der Waals surface area contributed by atoms with Crippen molar-refractivity contribution in [1.82, 2.24) is 9.55 Å². The summed E-state index contributed by atoms with van der Waals surface area (Å²) in [6, 6.07) is 9.86. The van der Waals surface area contributed by atoms with E-state index >= 15 is 0 Å². The van der Waals surface area contributed by atoms with Crippen molar-refractivity contribution in [1.29, 1.82) is 0 Å². The number of fused-ring (bicyclic) bond motifs is 1. The van der Waals surface area contributed by atoms with Gasteiger partial charge in [-0.3, -0.25) is 4.79 Å². The van der Waals surface area contributed by atoms with E-state index in [2.05, 4.69) is 10.3 Å². The lowest BCUT2D eigenvalue weighted by Gasteiger charge is -2.06. The highest BCUT2D eigenvalue weighted by molar-refractivity contribution is 6.06. The molecule has 106 valence electrons. The number of halogens is 2. The van der Waals surface area contributed by atoms with Crippen molar-refractivity contribution in [3.8, 4) is 0 Å². The third-order valence-corrected chi connectivity index (χ3v) is 3.22. The first-order valence-corrected chi connectivity index (χ1v) is 6.23. The smallest absolute Gasteiger partial charge is 0.273 e. The van der Waals surface area contributed by atoms with Crippen LogP contribution in [0.3, 0.4) is 0 Å². The first-order valence-electron chi connectivity index (χ1n) is 6.23. The van der Waals surface area contributed by atoms with E-state index < -0.39 is 17.5 Å². The van der Waals surface area contributed by atoms with Gasteiger partial charge in [0.05, 0.1) is 6.20 Å². The quantitative estimate of drug-likeness (QED) is 0.787. The number of para-hydroxylation sites is 1. The van der Waals surface area contributed by atoms with Gasteiger partial charge in [0.2, 0.25) is 0 Å². The SMILES string of the molecule is Cn1c(C(=O)Nc2ncc(F)cc2F)cc2ccccc21. The molecule has 4 nitrogen and oxygen atoms in total. The maximum atomic E-state index is 13.5. The normalized spacial score (nSPS) is 10.8. The van der Waals surface area contributed by atoms with Crippen molar-refractivity contribution in [2.24, 2.45) is 7.05 Å². The number of nitrogens with one attached hydrogen (secondary N) is 1. The molecule has 0 fully saturated rings. The molecule has 21 heavy (non-hydrogen) atoms. The number of rotatable bonds is 2. The van der Waals surface area contributed by atoms with Gasteiger partial charge in [0.1, 0.15) is 11.5 Å². The minimum absolute atomic E-state index is 0.299. The summed E-state index contributed by atoms with van der Waals surface area (Å²) in [5, 5.41) is 3.24. The van der Waals surface area contributed by atoms with Crippen LogP contribution in [-0.2, 0) is 7.05 Å². The van der Waals surface area contributed by atoms with Crippen molar-refractivity contribution in [3.63, 3.8) is 0 Å². The van der Waals surface area contributed by atoms with Crippen molar-refractivity contribution < 1.29 is 13.6 Å². The van der Waals surface area contributed by atoms with E-state index in [0.29, 0.717) is 11.8 Å². The molecule has 0 aliphatic carbocycles. The molecule has 6 heteroatoms. The lowest BCUT2D eigenvalue weighted by Crippen LogP contribution is -2.17. The topological polar surface area (TPSA) is 46.9 Å². The molecule has 1 N–H and O–H groups in total. The minimum Gasteiger partial charge on any atom is -0.340 e. The molecular weight excluding hydrogens is 276 g/mol. The van der Waals surface area contributed by atoms with E-state index in [1.165, 1.54) is 0 Å². The average molecular weight is 287 g/mol. The lowest BCUT2D eigenvalue weighted by atomic mass is 10.2. The lowest BCUT2D eigenvalue weighted by molar-refractivity contribution is 0.101. The van der Waals surface area contributed by atoms with Crippen LogP contribution in [0.25, 0.3) is 10.9 Å². The summed E-state index contributed by atoms with van der Waals surface area (Å²) in [5.41, 5.74) is 1.25. The standard InChI is InChI=1S/C15H11F2N3O/c1-20-12-5-3-2-4-9(12)6-13(20)15(21)19-14-11(17)7-10(16)8-18-14/h2-8H,1H3,(H,18,19,21). The highest BCUT2D eigenvalue weighted by atomic mass is 19.1. The molecule has 3 rings (SSSR count). The van der Waals surface area contributed by atoms with E-state index in [0.717, 1.165) is 17.1 Å². The molecule has 0 aliphatic heterocycles. The predicted octanol–water partition coefficient (Wildman–Crippen LogP) is 3.10. The van der Waals surface area contributed by atoms with Crippen molar-refractivity contribution in [2.45, 2.75) is 0 Å². The molecule has 0 saturated heterocycles. The van der Waals surface area contributed by atoms with E-state index in [1.54, 1.807) is 17.7 Å². The Morgan fingerprint density at radius 3 is 2.71 bits per heavy atom. The fourth-order valence-corrected chi connectivity index (χ4v) is 2.18. The fourth-order valence-electron chi connectivity index (χ4n) is 2.18. The van der Waals surface area contributed by atoms with Crippen molar-refractivity contribution in [3.05, 3.63) is 59.9 Å². The Kier molecular flexibility index (Phi) is 3.13. The van der Waals surface area contributed by atoms with Gasteiger partial charge in [-0.2, -0.15) is 0 Å². The average Bonchev–Trinajstić information content (AvgIpc) is 2.80. The van der Waals surface area contributed by atoms with Crippen LogP contribution < -0.4 is 5.32 Å². The van der Waals surface area contributed by atoms with Gasteiger partial charge in [-0.05, 0) is 12.1 Å². The van der Waals surface area contributed by atoms with Crippen LogP contribution in [0.2, 0.25) is 0 Å². The van der Waals surface area contributed by atoms with Crippen molar-refractivity contribution in [2.75, 3.05) is 5.32 Å². The predicted molar refractivity (Wildman–Crippen MR) is 75.0 cm³/mol. The number of benzene rings is 1. The number of carbonyl (C=O) groups excluding carboxylic acids is 1. The second kappa shape index (κ2) is 4.97. The molecule has 2 aromatic heterocycles. The largest absolute Gasteiger partial charge is 0.340 e. The number of anilines is 1. The van der Waals surface area contributed by atoms with Crippen LogP contribution in [0.1, 0.15) is 10.5 Å². The summed E-state index contributed by atoms with van der Waals surface area (Å²) in [7, 11) is 1.74. The Bertz CT molecular complexity index is 842. The van der Waals surface area contributed by atoms with Gasteiger partial charge >= 0.3 is 0 Å². The second-order valence-corrected chi connectivity index (χ2v) is 4.59. The molecule has 2 heterocycles. The van der Waals surface area contributed by atoms with Gasteiger partial charge in [0, 0.05) is 24.0 Å². The summed E-state index contributed by atoms with van der Waals surface area (Å²) in [4.78, 5) is 15.7. The molecule has 3 aromatic rings. The maximum absolute atomic E-state index is 13.5. The Hall–Kier alpha value is -2.76. The molecule has 1 aromatic carbocycles. The molecule has 0 bridgehead atoms. The fraction of sp³-hybridized carbons (Fsp3) is 0.0667. The van der Waals surface area contributed by atoms with E-state index in [-0.39, 0.29) is 5.82 Å². The summed E-state index contributed by atoms with van der Waals surface area (Å²) in [5.74, 6) is -2.52. The minimum atomic E-state index is -0.915. The van der Waals surface area contributed by atoms with Gasteiger partial charge in [-0.15, -0.1) is 0 Å². The van der Waals surface area contributed by atoms with Crippen LogP contribution in [0.4, 0.5) is 14.6 Å². The summed E-state index contributed by atoms with van der Waals surface area (Å²) in [6.45, 7) is 0. The molecule has 0 aliphatic rings. The number of aryl methyl sites for hydroxylation is 1. The van der Waals surface area contributed by atoms with E-state index in [4.69, 9.17) is 0 Å². The highest BCUT2D eigenvalue weighted by Gasteiger charge is 2.15. The summed E-state index contributed by atoms with van der Waals surface area (Å²) in [6.07, 6.45) is 0.847. The van der Waals surface area contributed by atoms with Gasteiger partial charge in [0.15, 0.2) is 11.6 Å². The maximum Gasteiger partial charge on any atom is 0.273 e. The van der Waals surface area contributed by atoms with Crippen LogP contribution in [0.5, 0.6) is 0 Å². The molecule has 0 radical (unpaired) electrons. The van der Waals surface area contributed by atoms with Crippen LogP contribution in [0, 0.1) is 11.6 Å². The number of hydrogen-bond acceptors (Lipinski definition) is 2. The van der Waals surface area contributed by atoms with Crippen molar-refractivity contribution >= 4 is 22.6 Å². The number of nitrogens with zero attached hydrogens (tertiary/aromatic N) is 2. The summed E-state index contributed by atoms with van der Waals surface area (Å²) >= 11 is 0. The third-order valence-electron chi connectivity index (χ3n) is 3.22. The summed E-state index contributed by atoms with van der Waals surface area (Å²) < 4.78 is 28.0. The first-order chi connectivity index (χ1) is 10.1. The van der Waals surface area contributed by atoms with Gasteiger partial charge in [-0.1, -0.05) is 18.2 Å².